The number of rotatable bonds is 8. The maximum absolute atomic E-state index is 11.6. The third kappa shape index (κ3) is 5.18. The van der Waals surface area contributed by atoms with Gasteiger partial charge in [0.15, 0.2) is 0 Å². The summed E-state index contributed by atoms with van der Waals surface area (Å²) in [5.74, 6) is 0.0271. The zero-order valence-corrected chi connectivity index (χ0v) is 11.0. The molecule has 0 amide bonds. The Morgan fingerprint density at radius 1 is 1.32 bits per heavy atom. The Hall–Kier alpha value is -1.75. The Morgan fingerprint density at radius 2 is 1.95 bits per heavy atom. The number of carbonyl (C=O) groups is 1. The molecule has 0 radical (unpaired) electrons. The molecule has 0 aliphatic carbocycles. The molecule has 0 saturated carbocycles. The molecule has 1 aromatic carbocycles. The van der Waals surface area contributed by atoms with Crippen LogP contribution in [0.15, 0.2) is 24.3 Å². The molecule has 0 bridgehead atoms. The summed E-state index contributed by atoms with van der Waals surface area (Å²) in [4.78, 5) is 21.6. The molecule has 1 aromatic rings. The number of nitro benzene ring substituents is 1. The van der Waals surface area contributed by atoms with Crippen LogP contribution in [0.3, 0.4) is 0 Å². The highest BCUT2D eigenvalue weighted by molar-refractivity contribution is 5.79. The van der Waals surface area contributed by atoms with Gasteiger partial charge in [0.1, 0.15) is 5.78 Å². The predicted octanol–water partition coefficient (Wildman–Crippen LogP) is 3.17. The number of hydrogen-bond donors (Lipinski definition) is 1. The lowest BCUT2D eigenvalue weighted by Gasteiger charge is -2.09. The molecule has 0 heterocycles. The standard InChI is InChI=1S/C14H19NO4/c1-2-3-4-5-13(16)10-14(17)11-6-8-12(9-7-11)15(18)19/h6-9,14,17H,2-5,10H2,1H3. The van der Waals surface area contributed by atoms with Crippen LogP contribution in [-0.2, 0) is 4.79 Å². The number of aliphatic hydroxyl groups is 1. The zero-order chi connectivity index (χ0) is 14.3. The highest BCUT2D eigenvalue weighted by Crippen LogP contribution is 2.21. The van der Waals surface area contributed by atoms with E-state index in [4.69, 9.17) is 0 Å². The summed E-state index contributed by atoms with van der Waals surface area (Å²) in [5, 5.41) is 20.4. The summed E-state index contributed by atoms with van der Waals surface area (Å²) in [6, 6.07) is 5.64. The minimum atomic E-state index is -0.880. The molecule has 0 spiro atoms. The molecule has 19 heavy (non-hydrogen) atoms. The van der Waals surface area contributed by atoms with Crippen molar-refractivity contribution in [2.45, 2.75) is 45.1 Å². The van der Waals surface area contributed by atoms with E-state index in [0.29, 0.717) is 12.0 Å². The molecule has 104 valence electrons. The van der Waals surface area contributed by atoms with Crippen LogP contribution in [0.25, 0.3) is 0 Å². The van der Waals surface area contributed by atoms with Gasteiger partial charge in [0.2, 0.25) is 0 Å². The maximum Gasteiger partial charge on any atom is 0.269 e. The monoisotopic (exact) mass is 265 g/mol. The van der Waals surface area contributed by atoms with Gasteiger partial charge in [0.25, 0.3) is 5.69 Å². The fraction of sp³-hybridized carbons (Fsp3) is 0.500. The van der Waals surface area contributed by atoms with Gasteiger partial charge in [-0.3, -0.25) is 14.9 Å². The molecular formula is C14H19NO4. The first-order chi connectivity index (χ1) is 9.04. The molecule has 5 nitrogen and oxygen atoms in total. The first kappa shape index (κ1) is 15.3. The summed E-state index contributed by atoms with van der Waals surface area (Å²) in [6.45, 7) is 2.07. The quantitative estimate of drug-likeness (QED) is 0.444. The minimum absolute atomic E-state index is 0.0229. The van der Waals surface area contributed by atoms with Crippen LogP contribution in [0, 0.1) is 10.1 Å². The van der Waals surface area contributed by atoms with E-state index in [2.05, 4.69) is 6.92 Å². The molecule has 0 aliphatic heterocycles. The fourth-order valence-corrected chi connectivity index (χ4v) is 1.83. The van der Waals surface area contributed by atoms with Gasteiger partial charge in [-0.05, 0) is 24.1 Å². The number of aliphatic hydroxyl groups excluding tert-OH is 1. The Kier molecular flexibility index (Phi) is 6.15. The Labute approximate surface area is 112 Å². The average Bonchev–Trinajstić information content (AvgIpc) is 2.39. The summed E-state index contributed by atoms with van der Waals surface area (Å²) in [7, 11) is 0. The second-order valence-corrected chi connectivity index (χ2v) is 4.56. The van der Waals surface area contributed by atoms with Gasteiger partial charge in [-0.15, -0.1) is 0 Å². The van der Waals surface area contributed by atoms with Gasteiger partial charge in [0, 0.05) is 25.0 Å². The van der Waals surface area contributed by atoms with Crippen molar-refractivity contribution < 1.29 is 14.8 Å². The number of nitrogens with zero attached hydrogens (tertiary/aromatic N) is 1. The van der Waals surface area contributed by atoms with Crippen LogP contribution in [0.1, 0.15) is 50.7 Å². The van der Waals surface area contributed by atoms with Crippen LogP contribution < -0.4 is 0 Å². The van der Waals surface area contributed by atoms with Crippen molar-refractivity contribution in [2.24, 2.45) is 0 Å². The van der Waals surface area contributed by atoms with E-state index in [9.17, 15) is 20.0 Å². The first-order valence-corrected chi connectivity index (χ1v) is 6.48. The maximum atomic E-state index is 11.6. The molecule has 0 saturated heterocycles. The highest BCUT2D eigenvalue weighted by atomic mass is 16.6. The number of ketones is 1. The molecule has 0 aromatic heterocycles. The summed E-state index contributed by atoms with van der Waals surface area (Å²) >= 11 is 0. The van der Waals surface area contributed by atoms with E-state index in [1.165, 1.54) is 24.3 Å². The van der Waals surface area contributed by atoms with Crippen molar-refractivity contribution in [3.63, 3.8) is 0 Å². The van der Waals surface area contributed by atoms with E-state index in [1.54, 1.807) is 0 Å². The SMILES string of the molecule is CCCCCC(=O)CC(O)c1ccc([N+](=O)[O-])cc1. The molecule has 1 unspecified atom stereocenters. The van der Waals surface area contributed by atoms with Gasteiger partial charge in [-0.2, -0.15) is 0 Å². The van der Waals surface area contributed by atoms with Gasteiger partial charge in [0.05, 0.1) is 11.0 Å². The van der Waals surface area contributed by atoms with Crippen LogP contribution >= 0.6 is 0 Å². The Bertz CT molecular complexity index is 428. The molecule has 1 atom stereocenters. The number of nitro groups is 1. The van der Waals surface area contributed by atoms with Crippen LogP contribution in [0.4, 0.5) is 5.69 Å². The summed E-state index contributed by atoms with van der Waals surface area (Å²) in [5.41, 5.74) is 0.514. The van der Waals surface area contributed by atoms with Crippen molar-refractivity contribution in [3.8, 4) is 0 Å². The third-order valence-electron chi connectivity index (χ3n) is 2.97. The zero-order valence-electron chi connectivity index (χ0n) is 11.0. The van der Waals surface area contributed by atoms with Crippen LogP contribution in [0.2, 0.25) is 0 Å². The highest BCUT2D eigenvalue weighted by Gasteiger charge is 2.14. The second-order valence-electron chi connectivity index (χ2n) is 4.56. The number of non-ortho nitro benzene ring substituents is 1. The lowest BCUT2D eigenvalue weighted by molar-refractivity contribution is -0.384. The van der Waals surface area contributed by atoms with Gasteiger partial charge < -0.3 is 5.11 Å². The lowest BCUT2D eigenvalue weighted by atomic mass is 10.0. The Morgan fingerprint density at radius 3 is 2.47 bits per heavy atom. The largest absolute Gasteiger partial charge is 0.388 e. The predicted molar refractivity (Wildman–Crippen MR) is 71.8 cm³/mol. The lowest BCUT2D eigenvalue weighted by Crippen LogP contribution is -2.06. The van der Waals surface area contributed by atoms with E-state index in [-0.39, 0.29) is 17.9 Å². The number of benzene rings is 1. The smallest absolute Gasteiger partial charge is 0.269 e. The van der Waals surface area contributed by atoms with E-state index in [0.717, 1.165) is 19.3 Å². The molecule has 0 fully saturated rings. The number of unbranched alkanes of at least 4 members (excludes halogenated alkanes) is 2. The fourth-order valence-electron chi connectivity index (χ4n) is 1.83. The van der Waals surface area contributed by atoms with Gasteiger partial charge in [-0.1, -0.05) is 19.8 Å². The molecule has 1 N–H and O–H groups in total. The van der Waals surface area contributed by atoms with Gasteiger partial charge in [-0.25, -0.2) is 0 Å². The van der Waals surface area contributed by atoms with Gasteiger partial charge >= 0.3 is 0 Å². The summed E-state index contributed by atoms with van der Waals surface area (Å²) < 4.78 is 0. The molecule has 1 rings (SSSR count). The van der Waals surface area contributed by atoms with Crippen molar-refractivity contribution in [1.29, 1.82) is 0 Å². The van der Waals surface area contributed by atoms with E-state index < -0.39 is 11.0 Å². The van der Waals surface area contributed by atoms with Crippen LogP contribution in [-0.4, -0.2) is 15.8 Å². The Balaban J connectivity index is 2.50. The third-order valence-corrected chi connectivity index (χ3v) is 2.97. The van der Waals surface area contributed by atoms with E-state index >= 15 is 0 Å². The second kappa shape index (κ2) is 7.63. The summed E-state index contributed by atoms with van der Waals surface area (Å²) in [6.07, 6.45) is 2.59. The number of hydrogen-bond acceptors (Lipinski definition) is 4. The minimum Gasteiger partial charge on any atom is -0.388 e. The van der Waals surface area contributed by atoms with Crippen molar-refractivity contribution in [1.82, 2.24) is 0 Å². The first-order valence-electron chi connectivity index (χ1n) is 6.48. The van der Waals surface area contributed by atoms with Crippen molar-refractivity contribution >= 4 is 11.5 Å². The number of Topliss-reactive ketones (excluding diaryl/α,β-unsaturated/α-hetero) is 1. The van der Waals surface area contributed by atoms with Crippen molar-refractivity contribution in [3.05, 3.63) is 39.9 Å². The van der Waals surface area contributed by atoms with Crippen molar-refractivity contribution in [2.75, 3.05) is 0 Å². The number of carbonyl (C=O) groups excluding carboxylic acids is 1. The molecule has 0 aliphatic rings. The topological polar surface area (TPSA) is 80.4 Å². The molecular weight excluding hydrogens is 246 g/mol. The van der Waals surface area contributed by atoms with E-state index in [1.807, 2.05) is 0 Å². The van der Waals surface area contributed by atoms with Crippen LogP contribution in [0.5, 0.6) is 0 Å². The molecule has 5 heteroatoms. The average molecular weight is 265 g/mol. The normalized spacial score (nSPS) is 12.1.